The maximum absolute atomic E-state index is 13.6. The molecule has 0 radical (unpaired) electrons. The minimum Gasteiger partial charge on any atom is -0.394 e. The van der Waals surface area contributed by atoms with Crippen LogP contribution in [-0.2, 0) is 25.6 Å². The van der Waals surface area contributed by atoms with E-state index in [1.807, 2.05) is 43.3 Å². The number of hydrogen-bond donors (Lipinski definition) is 1. The van der Waals surface area contributed by atoms with Crippen molar-refractivity contribution in [2.45, 2.75) is 45.3 Å². The third kappa shape index (κ3) is 3.86. The Morgan fingerprint density at radius 2 is 1.63 bits per heavy atom. The van der Waals surface area contributed by atoms with E-state index in [0.717, 1.165) is 48.4 Å². The van der Waals surface area contributed by atoms with Gasteiger partial charge in [0.2, 0.25) is 0 Å². The van der Waals surface area contributed by atoms with Gasteiger partial charge in [-0.2, -0.15) is 13.2 Å². The molecule has 0 atom stereocenters. The Balaban J connectivity index is 1.91. The fraction of sp³-hybridized carbons (Fsp3) is 0.292. The van der Waals surface area contributed by atoms with Crippen LogP contribution in [0.1, 0.15) is 40.7 Å². The molecule has 0 aliphatic heterocycles. The Kier molecular flexibility index (Phi) is 5.18. The van der Waals surface area contributed by atoms with Crippen molar-refractivity contribution in [1.82, 2.24) is 4.57 Å². The smallest absolute Gasteiger partial charge is 0.394 e. The number of nitrogen functional groups attached to an aromatic ring is 1. The van der Waals surface area contributed by atoms with Crippen LogP contribution in [0.25, 0.3) is 11.3 Å². The molecular formula is C24H23F3N2O. The van der Waals surface area contributed by atoms with E-state index in [2.05, 4.69) is 0 Å². The molecule has 0 unspecified atom stereocenters. The number of fused-ring (bicyclic) bond motifs is 1. The van der Waals surface area contributed by atoms with Crippen LogP contribution in [0.2, 0.25) is 0 Å². The number of alkyl halides is 3. The lowest BCUT2D eigenvalue weighted by molar-refractivity contribution is -0.137. The van der Waals surface area contributed by atoms with Gasteiger partial charge in [0.25, 0.3) is 5.56 Å². The van der Waals surface area contributed by atoms with Gasteiger partial charge in [-0.05, 0) is 67.0 Å². The summed E-state index contributed by atoms with van der Waals surface area (Å²) in [7, 11) is 0. The second kappa shape index (κ2) is 7.67. The van der Waals surface area contributed by atoms with Gasteiger partial charge in [0.1, 0.15) is 5.69 Å². The Morgan fingerprint density at radius 3 is 2.30 bits per heavy atom. The minimum absolute atomic E-state index is 0.147. The average molecular weight is 412 g/mol. The van der Waals surface area contributed by atoms with Crippen molar-refractivity contribution < 1.29 is 13.2 Å². The molecule has 1 heterocycles. The molecule has 0 bridgehead atoms. The number of pyridine rings is 1. The Labute approximate surface area is 173 Å². The van der Waals surface area contributed by atoms with Crippen LogP contribution in [0.15, 0.2) is 53.3 Å². The number of nitrogens with zero attached hydrogens (tertiary/aromatic N) is 1. The van der Waals surface area contributed by atoms with Crippen molar-refractivity contribution >= 4 is 5.69 Å². The molecule has 3 aromatic rings. The second-order valence-corrected chi connectivity index (χ2v) is 7.92. The van der Waals surface area contributed by atoms with E-state index in [-0.39, 0.29) is 12.2 Å². The molecule has 1 aromatic heterocycles. The molecule has 0 spiro atoms. The Morgan fingerprint density at radius 1 is 0.967 bits per heavy atom. The standard InChI is InChI=1S/C24H23F3N2O/c1-15-6-8-16(9-7-15)14-29-21(13-20(24(25,26)27)22(28)23(29)30)19-11-10-17-4-2-3-5-18(17)12-19/h6-13H,2-5,14,28H2,1H3. The number of rotatable bonds is 3. The van der Waals surface area contributed by atoms with Crippen molar-refractivity contribution in [2.24, 2.45) is 0 Å². The summed E-state index contributed by atoms with van der Waals surface area (Å²) in [5, 5.41) is 0. The van der Waals surface area contributed by atoms with Gasteiger partial charge in [-0.15, -0.1) is 0 Å². The zero-order valence-corrected chi connectivity index (χ0v) is 16.7. The lowest BCUT2D eigenvalue weighted by Crippen LogP contribution is -2.28. The third-order valence-electron chi connectivity index (χ3n) is 5.75. The summed E-state index contributed by atoms with van der Waals surface area (Å²) in [6, 6.07) is 14.3. The minimum atomic E-state index is -4.70. The highest BCUT2D eigenvalue weighted by Crippen LogP contribution is 2.36. The third-order valence-corrected chi connectivity index (χ3v) is 5.75. The first-order valence-corrected chi connectivity index (χ1v) is 10.0. The Bertz CT molecular complexity index is 1140. The zero-order chi connectivity index (χ0) is 21.5. The highest BCUT2D eigenvalue weighted by molar-refractivity contribution is 5.66. The first kappa shape index (κ1) is 20.3. The molecule has 30 heavy (non-hydrogen) atoms. The highest BCUT2D eigenvalue weighted by atomic mass is 19.4. The van der Waals surface area contributed by atoms with E-state index in [1.54, 1.807) is 6.07 Å². The van der Waals surface area contributed by atoms with Crippen LogP contribution in [0.3, 0.4) is 0 Å². The van der Waals surface area contributed by atoms with Crippen LogP contribution in [0.4, 0.5) is 18.9 Å². The van der Waals surface area contributed by atoms with Crippen LogP contribution in [0, 0.1) is 6.92 Å². The van der Waals surface area contributed by atoms with E-state index in [4.69, 9.17) is 5.73 Å². The fourth-order valence-electron chi connectivity index (χ4n) is 4.06. The van der Waals surface area contributed by atoms with E-state index < -0.39 is 23.0 Å². The van der Waals surface area contributed by atoms with Gasteiger partial charge in [0, 0.05) is 0 Å². The first-order valence-electron chi connectivity index (χ1n) is 10.0. The van der Waals surface area contributed by atoms with Crippen LogP contribution in [-0.4, -0.2) is 4.57 Å². The molecule has 0 saturated heterocycles. The van der Waals surface area contributed by atoms with Gasteiger partial charge < -0.3 is 10.3 Å². The lowest BCUT2D eigenvalue weighted by Gasteiger charge is -2.21. The van der Waals surface area contributed by atoms with E-state index in [0.29, 0.717) is 5.56 Å². The predicted molar refractivity (Wildman–Crippen MR) is 112 cm³/mol. The summed E-state index contributed by atoms with van der Waals surface area (Å²) in [6.07, 6.45) is -0.657. The molecule has 1 aliphatic rings. The van der Waals surface area contributed by atoms with Crippen molar-refractivity contribution in [3.05, 3.63) is 86.7 Å². The van der Waals surface area contributed by atoms with Gasteiger partial charge in [-0.25, -0.2) is 0 Å². The SMILES string of the molecule is Cc1ccc(Cn2c(-c3ccc4c(c3)CCCC4)cc(C(F)(F)F)c(N)c2=O)cc1. The van der Waals surface area contributed by atoms with Gasteiger partial charge in [0.05, 0.1) is 17.8 Å². The van der Waals surface area contributed by atoms with Crippen molar-refractivity contribution in [1.29, 1.82) is 0 Å². The van der Waals surface area contributed by atoms with Crippen molar-refractivity contribution in [2.75, 3.05) is 5.73 Å². The molecule has 0 saturated carbocycles. The molecule has 4 rings (SSSR count). The summed E-state index contributed by atoms with van der Waals surface area (Å²) in [4.78, 5) is 12.9. The van der Waals surface area contributed by atoms with E-state index in [1.165, 1.54) is 10.1 Å². The molecule has 0 amide bonds. The van der Waals surface area contributed by atoms with Crippen molar-refractivity contribution in [3.63, 3.8) is 0 Å². The largest absolute Gasteiger partial charge is 0.418 e. The Hall–Kier alpha value is -3.02. The summed E-state index contributed by atoms with van der Waals surface area (Å²) >= 11 is 0. The molecule has 2 N–H and O–H groups in total. The summed E-state index contributed by atoms with van der Waals surface area (Å²) in [5.74, 6) is 0. The van der Waals surface area contributed by atoms with Crippen LogP contribution >= 0.6 is 0 Å². The molecule has 6 heteroatoms. The molecular weight excluding hydrogens is 389 g/mol. The van der Waals surface area contributed by atoms with Gasteiger partial charge >= 0.3 is 6.18 Å². The lowest BCUT2D eigenvalue weighted by atomic mass is 9.89. The van der Waals surface area contributed by atoms with Gasteiger partial charge in [-0.3, -0.25) is 4.79 Å². The average Bonchev–Trinajstić information content (AvgIpc) is 2.72. The van der Waals surface area contributed by atoms with Crippen LogP contribution < -0.4 is 11.3 Å². The number of hydrogen-bond acceptors (Lipinski definition) is 2. The van der Waals surface area contributed by atoms with E-state index >= 15 is 0 Å². The number of nitrogens with two attached hydrogens (primary N) is 1. The zero-order valence-electron chi connectivity index (χ0n) is 16.7. The quantitative estimate of drug-likeness (QED) is 0.630. The molecule has 1 aliphatic carbocycles. The topological polar surface area (TPSA) is 48.0 Å². The monoisotopic (exact) mass is 412 g/mol. The normalized spacial score (nSPS) is 13.9. The fourth-order valence-corrected chi connectivity index (χ4v) is 4.06. The maximum Gasteiger partial charge on any atom is 0.418 e. The first-order chi connectivity index (χ1) is 14.2. The number of benzene rings is 2. The number of aryl methyl sites for hydroxylation is 3. The summed E-state index contributed by atoms with van der Waals surface area (Å²) in [5.41, 5.74) is 8.06. The summed E-state index contributed by atoms with van der Waals surface area (Å²) in [6.45, 7) is 2.10. The molecule has 0 fully saturated rings. The molecule has 3 nitrogen and oxygen atoms in total. The number of aromatic nitrogens is 1. The number of halogens is 3. The highest BCUT2D eigenvalue weighted by Gasteiger charge is 2.35. The summed E-state index contributed by atoms with van der Waals surface area (Å²) < 4.78 is 42.1. The maximum atomic E-state index is 13.6. The van der Waals surface area contributed by atoms with Crippen molar-refractivity contribution in [3.8, 4) is 11.3 Å². The molecule has 2 aromatic carbocycles. The molecule has 156 valence electrons. The van der Waals surface area contributed by atoms with E-state index in [9.17, 15) is 18.0 Å². The predicted octanol–water partition coefficient (Wildman–Crippen LogP) is 5.35. The van der Waals surface area contributed by atoms with Gasteiger partial charge in [-0.1, -0.05) is 42.0 Å². The van der Waals surface area contributed by atoms with Crippen LogP contribution in [0.5, 0.6) is 0 Å². The number of anilines is 1. The van der Waals surface area contributed by atoms with Gasteiger partial charge in [0.15, 0.2) is 0 Å². The second-order valence-electron chi connectivity index (χ2n) is 7.92.